The third-order valence-corrected chi connectivity index (χ3v) is 7.71. The third kappa shape index (κ3) is 13.1. The van der Waals surface area contributed by atoms with Gasteiger partial charge in [0.15, 0.2) is 32.8 Å². The number of carbonyl (C=O) groups is 4. The lowest BCUT2D eigenvalue weighted by Crippen LogP contribution is -2.41. The Labute approximate surface area is 326 Å². The highest BCUT2D eigenvalue weighted by molar-refractivity contribution is 6.29. The van der Waals surface area contributed by atoms with Gasteiger partial charge >= 0.3 is 0 Å². The van der Waals surface area contributed by atoms with Crippen molar-refractivity contribution in [3.05, 3.63) is 72.1 Å². The predicted molar refractivity (Wildman–Crippen MR) is 208 cm³/mol. The van der Waals surface area contributed by atoms with E-state index < -0.39 is 0 Å². The van der Waals surface area contributed by atoms with E-state index in [0.717, 1.165) is 12.4 Å². The lowest BCUT2D eigenvalue weighted by atomic mass is 10.2. The van der Waals surface area contributed by atoms with E-state index in [4.69, 9.17) is 30.5 Å². The predicted octanol–water partition coefficient (Wildman–Crippen LogP) is 5.59. The van der Waals surface area contributed by atoms with Crippen LogP contribution in [-0.4, -0.2) is 101 Å². The Bertz CT molecular complexity index is 1790. The molecule has 0 radical (unpaired) electrons. The lowest BCUT2D eigenvalue weighted by Gasteiger charge is -2.27. The van der Waals surface area contributed by atoms with Gasteiger partial charge in [0.1, 0.15) is 40.5 Å². The number of benzene rings is 2. The average molecular weight is 787 g/mol. The monoisotopic (exact) mass is 786 g/mol. The number of carbonyl (C=O) groups excluding carboxylic acids is 4. The number of aldehydes is 2. The molecular formula is C38H51ClN6O10. The van der Waals surface area contributed by atoms with Crippen molar-refractivity contribution in [1.82, 2.24) is 19.6 Å². The van der Waals surface area contributed by atoms with Crippen molar-refractivity contribution >= 4 is 47.6 Å². The summed E-state index contributed by atoms with van der Waals surface area (Å²) in [5.41, 5.74) is 0.372. The highest BCUT2D eigenvalue weighted by Gasteiger charge is 2.24. The largest absolute Gasteiger partial charge is 0.507 e. The second kappa shape index (κ2) is 24.1. The quantitative estimate of drug-likeness (QED) is 0.0753. The summed E-state index contributed by atoms with van der Waals surface area (Å²) < 4.78 is 29.1. The molecule has 16 nitrogen and oxygen atoms in total. The lowest BCUT2D eigenvalue weighted by molar-refractivity contribution is -0.121. The van der Waals surface area contributed by atoms with Crippen LogP contribution < -0.4 is 24.0 Å². The number of hydrogen-bond acceptors (Lipinski definition) is 12. The number of phenols is 1. The molecule has 0 saturated carbocycles. The van der Waals surface area contributed by atoms with Crippen LogP contribution in [0.5, 0.6) is 23.0 Å². The van der Waals surface area contributed by atoms with Crippen LogP contribution >= 0.6 is 11.6 Å². The molecule has 4 aromatic rings. The molecule has 0 atom stereocenters. The Kier molecular flexibility index (Phi) is 20.0. The SMILES string of the molecule is CCn1nccc1N(C(=O)CCl)C(C)C.CCn1nccc1N(C(=O)COc1cccc(OCOC)c1C=O)C(C)C.COCOc1cccc(O)c1C=O. The van der Waals surface area contributed by atoms with Gasteiger partial charge in [0, 0.05) is 51.5 Å². The maximum Gasteiger partial charge on any atom is 0.266 e. The van der Waals surface area contributed by atoms with Gasteiger partial charge in [-0.15, -0.1) is 11.6 Å². The summed E-state index contributed by atoms with van der Waals surface area (Å²) in [4.78, 5) is 49.8. The molecule has 17 heteroatoms. The molecule has 2 aromatic heterocycles. The summed E-state index contributed by atoms with van der Waals surface area (Å²) in [6, 6.07) is 13.2. The van der Waals surface area contributed by atoms with E-state index in [9.17, 15) is 24.3 Å². The number of aromatic hydroxyl groups is 1. The molecule has 2 heterocycles. The van der Waals surface area contributed by atoms with Crippen LogP contribution in [0.1, 0.15) is 62.3 Å². The second-order valence-corrected chi connectivity index (χ2v) is 12.1. The molecule has 0 aliphatic heterocycles. The minimum Gasteiger partial charge on any atom is -0.507 e. The molecule has 0 fully saturated rings. The Morgan fingerprint density at radius 3 is 1.58 bits per heavy atom. The standard InChI is InChI=1S/C19H25N3O5.C10H16ClN3O.C9H10O4/c1-5-21-18(9-10-20-21)22(14(2)3)19(24)12-26-16-7-6-8-17(15(16)11-23)27-13-25-4;1-4-13-9(5-6-12-13)14(8(2)3)10(15)7-11;1-12-6-13-9-4-2-3-8(11)7(9)5-10/h6-11,14H,5,12-13H2,1-4H3;5-6,8H,4,7H2,1-3H3;2-5,11H,6H2,1H3. The van der Waals surface area contributed by atoms with Gasteiger partial charge in [-0.3, -0.25) is 29.0 Å². The molecule has 0 saturated heterocycles. The Hall–Kier alpha value is -5.45. The van der Waals surface area contributed by atoms with Gasteiger partial charge in [-0.25, -0.2) is 9.36 Å². The molecule has 55 heavy (non-hydrogen) atoms. The zero-order valence-corrected chi connectivity index (χ0v) is 33.3. The van der Waals surface area contributed by atoms with Gasteiger partial charge in [0.05, 0.1) is 23.5 Å². The number of amides is 2. The van der Waals surface area contributed by atoms with E-state index in [1.54, 1.807) is 68.0 Å². The zero-order valence-electron chi connectivity index (χ0n) is 32.5. The normalized spacial score (nSPS) is 10.5. The van der Waals surface area contributed by atoms with E-state index >= 15 is 0 Å². The number of halogens is 1. The summed E-state index contributed by atoms with van der Waals surface area (Å²) in [6.07, 6.45) is 4.52. The minimum absolute atomic E-state index is 0.00532. The molecule has 4 rings (SSSR count). The molecule has 2 aromatic carbocycles. The topological polar surface area (TPSA) is 177 Å². The Balaban J connectivity index is 0.000000314. The van der Waals surface area contributed by atoms with Crippen molar-refractivity contribution < 1.29 is 48.0 Å². The molecule has 0 spiro atoms. The number of alkyl halides is 1. The number of ether oxygens (including phenoxy) is 5. The molecule has 300 valence electrons. The van der Waals surface area contributed by atoms with Crippen molar-refractivity contribution in [3.63, 3.8) is 0 Å². The zero-order chi connectivity index (χ0) is 40.9. The second-order valence-electron chi connectivity index (χ2n) is 11.8. The summed E-state index contributed by atoms with van der Waals surface area (Å²) >= 11 is 5.58. The number of aromatic nitrogens is 4. The fourth-order valence-electron chi connectivity index (χ4n) is 5.10. The van der Waals surface area contributed by atoms with Gasteiger partial charge in [-0.1, -0.05) is 12.1 Å². The molecular weight excluding hydrogens is 736 g/mol. The van der Waals surface area contributed by atoms with E-state index in [-0.39, 0.29) is 72.6 Å². The molecule has 1 N–H and O–H groups in total. The van der Waals surface area contributed by atoms with E-state index in [1.807, 2.05) is 47.6 Å². The van der Waals surface area contributed by atoms with Crippen LogP contribution in [0.25, 0.3) is 0 Å². The number of phenolic OH excluding ortho intramolecular Hbond substituents is 1. The summed E-state index contributed by atoms with van der Waals surface area (Å²) in [5, 5.41) is 17.6. The maximum atomic E-state index is 12.8. The van der Waals surface area contributed by atoms with Gasteiger partial charge < -0.3 is 28.8 Å². The fraction of sp³-hybridized carbons (Fsp3) is 0.421. The molecule has 0 unspecified atom stereocenters. The average Bonchev–Trinajstić information content (AvgIpc) is 3.85. The number of anilines is 2. The van der Waals surface area contributed by atoms with E-state index in [0.29, 0.717) is 36.4 Å². The van der Waals surface area contributed by atoms with Gasteiger partial charge in [0.2, 0.25) is 5.91 Å². The Morgan fingerprint density at radius 1 is 0.727 bits per heavy atom. The number of hydrogen-bond donors (Lipinski definition) is 1. The van der Waals surface area contributed by atoms with E-state index in [1.165, 1.54) is 20.3 Å². The molecule has 0 aliphatic carbocycles. The highest BCUT2D eigenvalue weighted by atomic mass is 35.5. The van der Waals surface area contributed by atoms with Crippen LogP contribution in [0.15, 0.2) is 60.9 Å². The van der Waals surface area contributed by atoms with Gasteiger partial charge in [-0.2, -0.15) is 10.2 Å². The third-order valence-electron chi connectivity index (χ3n) is 7.49. The summed E-state index contributed by atoms with van der Waals surface area (Å²) in [7, 11) is 2.96. The van der Waals surface area contributed by atoms with Crippen molar-refractivity contribution in [2.45, 2.75) is 66.7 Å². The van der Waals surface area contributed by atoms with Crippen LogP contribution in [0.3, 0.4) is 0 Å². The first-order valence-electron chi connectivity index (χ1n) is 17.4. The van der Waals surface area contributed by atoms with Gasteiger partial charge in [-0.05, 0) is 65.8 Å². The first kappa shape index (κ1) is 45.7. The van der Waals surface area contributed by atoms with Crippen molar-refractivity contribution in [2.75, 3.05) is 50.1 Å². The Morgan fingerprint density at radius 2 is 1.16 bits per heavy atom. The van der Waals surface area contributed by atoms with Crippen molar-refractivity contribution in [3.8, 4) is 23.0 Å². The highest BCUT2D eigenvalue weighted by Crippen LogP contribution is 2.28. The number of aryl methyl sites for hydroxylation is 2. The van der Waals surface area contributed by atoms with Crippen LogP contribution in [0.4, 0.5) is 11.6 Å². The first-order chi connectivity index (χ1) is 26.4. The van der Waals surface area contributed by atoms with Crippen molar-refractivity contribution in [2.24, 2.45) is 0 Å². The minimum atomic E-state index is -0.236. The van der Waals surface area contributed by atoms with E-state index in [2.05, 4.69) is 14.9 Å². The summed E-state index contributed by atoms with van der Waals surface area (Å²) in [5.74, 6) is 2.00. The number of rotatable bonds is 18. The molecule has 2 amide bonds. The number of methoxy groups -OCH3 is 2. The van der Waals surface area contributed by atoms with Gasteiger partial charge in [0.25, 0.3) is 5.91 Å². The van der Waals surface area contributed by atoms with Crippen LogP contribution in [0, 0.1) is 0 Å². The van der Waals surface area contributed by atoms with Crippen LogP contribution in [-0.2, 0) is 32.2 Å². The first-order valence-corrected chi connectivity index (χ1v) is 17.9. The smallest absolute Gasteiger partial charge is 0.266 e. The number of nitrogens with zero attached hydrogens (tertiary/aromatic N) is 6. The summed E-state index contributed by atoms with van der Waals surface area (Å²) in [6.45, 7) is 12.9. The fourth-order valence-corrected chi connectivity index (χ4v) is 5.22. The van der Waals surface area contributed by atoms with Crippen LogP contribution in [0.2, 0.25) is 0 Å². The van der Waals surface area contributed by atoms with Crippen molar-refractivity contribution in [1.29, 1.82) is 0 Å². The molecule has 0 aliphatic rings. The maximum absolute atomic E-state index is 12.8. The molecule has 0 bridgehead atoms.